The minimum absolute atomic E-state index is 0.0177. The minimum Gasteiger partial charge on any atom is -0.354 e. The number of carbonyl (C=O) groups excluding carboxylic acids is 2. The van der Waals surface area contributed by atoms with Crippen LogP contribution in [0.1, 0.15) is 30.0 Å². The molecule has 1 atom stereocenters. The molecule has 40 heavy (non-hydrogen) atoms. The van der Waals surface area contributed by atoms with Crippen molar-refractivity contribution in [2.75, 3.05) is 23.7 Å². The molecule has 3 aromatic rings. The SMILES string of the molecule is CCCNC(=O)[C@@H](Cc1ccccc1)N(Cc1ccccc1C)C(=O)CN(c1cccc([N+](=O)[O-])c1)S(C)(=O)=O. The highest BCUT2D eigenvalue weighted by molar-refractivity contribution is 7.92. The Morgan fingerprint density at radius 2 is 1.68 bits per heavy atom. The normalized spacial score (nSPS) is 11.9. The number of nitro benzene ring substituents is 1. The molecule has 212 valence electrons. The maximum Gasteiger partial charge on any atom is 0.271 e. The van der Waals surface area contributed by atoms with Crippen molar-refractivity contribution in [3.63, 3.8) is 0 Å². The maximum absolute atomic E-state index is 14.0. The van der Waals surface area contributed by atoms with Crippen molar-refractivity contribution in [1.29, 1.82) is 0 Å². The van der Waals surface area contributed by atoms with Crippen molar-refractivity contribution in [2.24, 2.45) is 0 Å². The highest BCUT2D eigenvalue weighted by atomic mass is 32.2. The summed E-state index contributed by atoms with van der Waals surface area (Å²) in [5, 5.41) is 14.2. The summed E-state index contributed by atoms with van der Waals surface area (Å²) in [4.78, 5) is 39.6. The number of nitro groups is 1. The molecular formula is C29H34N4O6S. The topological polar surface area (TPSA) is 130 Å². The molecule has 0 heterocycles. The number of non-ortho nitro benzene ring substituents is 1. The van der Waals surface area contributed by atoms with Crippen LogP contribution in [0.25, 0.3) is 0 Å². The van der Waals surface area contributed by atoms with E-state index < -0.39 is 33.4 Å². The van der Waals surface area contributed by atoms with Gasteiger partial charge in [0, 0.05) is 31.6 Å². The van der Waals surface area contributed by atoms with E-state index in [2.05, 4.69) is 5.32 Å². The number of hydrogen-bond acceptors (Lipinski definition) is 6. The second-order valence-corrected chi connectivity index (χ2v) is 11.4. The number of aryl methyl sites for hydroxylation is 1. The first-order valence-corrected chi connectivity index (χ1v) is 14.7. The minimum atomic E-state index is -4.03. The second-order valence-electron chi connectivity index (χ2n) is 9.49. The number of nitrogens with one attached hydrogen (secondary N) is 1. The number of hydrogen-bond donors (Lipinski definition) is 1. The van der Waals surface area contributed by atoms with Gasteiger partial charge in [-0.05, 0) is 36.1 Å². The van der Waals surface area contributed by atoms with Gasteiger partial charge in [-0.25, -0.2) is 8.42 Å². The molecule has 0 aliphatic rings. The average Bonchev–Trinajstić information content (AvgIpc) is 2.93. The molecule has 10 nitrogen and oxygen atoms in total. The Hall–Kier alpha value is -4.25. The number of nitrogens with zero attached hydrogens (tertiary/aromatic N) is 3. The van der Waals surface area contributed by atoms with E-state index in [4.69, 9.17) is 0 Å². The van der Waals surface area contributed by atoms with Crippen LogP contribution in [0.15, 0.2) is 78.9 Å². The van der Waals surface area contributed by atoms with E-state index in [1.54, 1.807) is 0 Å². The molecule has 0 aliphatic carbocycles. The Labute approximate surface area is 234 Å². The summed E-state index contributed by atoms with van der Waals surface area (Å²) in [6, 6.07) is 20.9. The molecule has 3 aromatic carbocycles. The van der Waals surface area contributed by atoms with E-state index in [1.165, 1.54) is 23.1 Å². The van der Waals surface area contributed by atoms with Gasteiger partial charge in [-0.2, -0.15) is 0 Å². The van der Waals surface area contributed by atoms with E-state index >= 15 is 0 Å². The molecular weight excluding hydrogens is 532 g/mol. The van der Waals surface area contributed by atoms with E-state index in [0.717, 1.165) is 33.3 Å². The summed E-state index contributed by atoms with van der Waals surface area (Å²) in [6.45, 7) is 3.66. The van der Waals surface area contributed by atoms with Gasteiger partial charge >= 0.3 is 0 Å². The number of amides is 2. The second kappa shape index (κ2) is 13.7. The Morgan fingerprint density at radius 3 is 2.30 bits per heavy atom. The van der Waals surface area contributed by atoms with Crippen LogP contribution in [-0.4, -0.2) is 55.4 Å². The van der Waals surface area contributed by atoms with Crippen LogP contribution in [0.2, 0.25) is 0 Å². The molecule has 1 N–H and O–H groups in total. The van der Waals surface area contributed by atoms with Crippen LogP contribution in [-0.2, 0) is 32.6 Å². The Morgan fingerprint density at radius 1 is 1.00 bits per heavy atom. The standard InChI is InChI=1S/C29H34N4O6S/c1-4-17-30-29(35)27(18-23-12-6-5-7-13-23)31(20-24-14-9-8-11-22(24)2)28(34)21-32(40(3,38)39)25-15-10-16-26(19-25)33(36)37/h5-16,19,27H,4,17-18,20-21H2,1-3H3,(H,30,35)/t27-/m1/s1. The van der Waals surface area contributed by atoms with E-state index in [-0.39, 0.29) is 30.2 Å². The smallest absolute Gasteiger partial charge is 0.271 e. The van der Waals surface area contributed by atoms with Crippen molar-refractivity contribution in [3.05, 3.63) is 106 Å². The summed E-state index contributed by atoms with van der Waals surface area (Å²) in [6.07, 6.45) is 1.84. The Bertz CT molecular complexity index is 1450. The van der Waals surface area contributed by atoms with Crippen LogP contribution in [0.3, 0.4) is 0 Å². The Kier molecular flexibility index (Phi) is 10.4. The molecule has 0 unspecified atom stereocenters. The molecule has 0 radical (unpaired) electrons. The summed E-state index contributed by atoms with van der Waals surface area (Å²) < 4.78 is 26.5. The third-order valence-corrected chi connectivity index (χ3v) is 7.57. The van der Waals surface area contributed by atoms with Gasteiger partial charge in [0.2, 0.25) is 21.8 Å². The highest BCUT2D eigenvalue weighted by Crippen LogP contribution is 2.24. The van der Waals surface area contributed by atoms with Crippen LogP contribution in [0.5, 0.6) is 0 Å². The lowest BCUT2D eigenvalue weighted by molar-refractivity contribution is -0.384. The van der Waals surface area contributed by atoms with Crippen LogP contribution < -0.4 is 9.62 Å². The molecule has 0 bridgehead atoms. The monoisotopic (exact) mass is 566 g/mol. The van der Waals surface area contributed by atoms with Gasteiger partial charge in [0.25, 0.3) is 5.69 Å². The van der Waals surface area contributed by atoms with E-state index in [0.29, 0.717) is 13.0 Å². The predicted molar refractivity (Wildman–Crippen MR) is 154 cm³/mol. The van der Waals surface area contributed by atoms with Gasteiger partial charge in [0.1, 0.15) is 12.6 Å². The van der Waals surface area contributed by atoms with Crippen molar-refractivity contribution in [1.82, 2.24) is 10.2 Å². The fourth-order valence-corrected chi connectivity index (χ4v) is 5.11. The number of sulfonamides is 1. The lowest BCUT2D eigenvalue weighted by Gasteiger charge is -2.33. The van der Waals surface area contributed by atoms with Crippen LogP contribution in [0.4, 0.5) is 11.4 Å². The van der Waals surface area contributed by atoms with E-state index in [9.17, 15) is 28.1 Å². The lowest BCUT2D eigenvalue weighted by atomic mass is 10.0. The first-order valence-electron chi connectivity index (χ1n) is 12.9. The molecule has 2 amide bonds. The quantitative estimate of drug-likeness (QED) is 0.247. The first-order chi connectivity index (χ1) is 19.0. The molecule has 0 aliphatic heterocycles. The van der Waals surface area contributed by atoms with Crippen LogP contribution in [0, 0.1) is 17.0 Å². The van der Waals surface area contributed by atoms with Gasteiger partial charge in [-0.3, -0.25) is 24.0 Å². The zero-order valence-electron chi connectivity index (χ0n) is 22.8. The number of rotatable bonds is 13. The van der Waals surface area contributed by atoms with Crippen molar-refractivity contribution in [3.8, 4) is 0 Å². The largest absolute Gasteiger partial charge is 0.354 e. The summed E-state index contributed by atoms with van der Waals surface area (Å²) in [7, 11) is -4.03. The molecule has 11 heteroatoms. The lowest BCUT2D eigenvalue weighted by Crippen LogP contribution is -2.53. The predicted octanol–water partition coefficient (Wildman–Crippen LogP) is 3.84. The zero-order chi connectivity index (χ0) is 29.3. The molecule has 0 saturated carbocycles. The molecule has 3 rings (SSSR count). The molecule has 0 fully saturated rings. The van der Waals surface area contributed by atoms with Gasteiger partial charge in [0.05, 0.1) is 16.9 Å². The van der Waals surface area contributed by atoms with Crippen LogP contribution >= 0.6 is 0 Å². The summed E-state index contributed by atoms with van der Waals surface area (Å²) in [5.74, 6) is -0.971. The summed E-state index contributed by atoms with van der Waals surface area (Å²) in [5.41, 5.74) is 2.22. The van der Waals surface area contributed by atoms with E-state index in [1.807, 2.05) is 68.4 Å². The summed E-state index contributed by atoms with van der Waals surface area (Å²) >= 11 is 0. The van der Waals surface area contributed by atoms with Crippen molar-refractivity contribution < 1.29 is 22.9 Å². The van der Waals surface area contributed by atoms with Crippen molar-refractivity contribution in [2.45, 2.75) is 39.3 Å². The van der Waals surface area contributed by atoms with Gasteiger partial charge < -0.3 is 10.2 Å². The number of carbonyl (C=O) groups is 2. The number of anilines is 1. The fraction of sp³-hybridized carbons (Fsp3) is 0.310. The van der Waals surface area contributed by atoms with Crippen molar-refractivity contribution >= 4 is 33.2 Å². The van der Waals surface area contributed by atoms with Gasteiger partial charge in [-0.1, -0.05) is 67.6 Å². The third kappa shape index (κ3) is 8.12. The third-order valence-electron chi connectivity index (χ3n) is 6.43. The average molecular weight is 567 g/mol. The highest BCUT2D eigenvalue weighted by Gasteiger charge is 2.33. The maximum atomic E-state index is 14.0. The van der Waals surface area contributed by atoms with Gasteiger partial charge in [0.15, 0.2) is 0 Å². The first kappa shape index (κ1) is 30.3. The zero-order valence-corrected chi connectivity index (χ0v) is 23.6. The fourth-order valence-electron chi connectivity index (χ4n) is 4.27. The molecule has 0 aromatic heterocycles. The van der Waals surface area contributed by atoms with Gasteiger partial charge in [-0.15, -0.1) is 0 Å². The molecule has 0 spiro atoms. The number of benzene rings is 3. The Balaban J connectivity index is 2.07. The molecule has 0 saturated heterocycles.